The minimum absolute atomic E-state index is 0.246. The Morgan fingerprint density at radius 1 is 0.605 bits per heavy atom. The van der Waals surface area contributed by atoms with E-state index >= 15 is 8.78 Å². The predicted octanol–water partition coefficient (Wildman–Crippen LogP) is 7.89. The molecule has 0 amide bonds. The van der Waals surface area contributed by atoms with E-state index in [2.05, 4.69) is 24.3 Å². The van der Waals surface area contributed by atoms with Gasteiger partial charge in [0.05, 0.1) is 14.2 Å². The van der Waals surface area contributed by atoms with Crippen molar-refractivity contribution in [2.45, 2.75) is 49.4 Å². The van der Waals surface area contributed by atoms with Crippen LogP contribution in [0.3, 0.4) is 0 Å². The second-order valence-corrected chi connectivity index (χ2v) is 11.3. The molecule has 4 aromatic carbocycles. The van der Waals surface area contributed by atoms with Crippen LogP contribution in [0.2, 0.25) is 0 Å². The standard InChI is InChI=1S/C34H28F2O2/c1-37-27-13-7-19-5-3-15-33-26-18-22(36)10-12-24(26)30-28(38-2)14-8-20-6-4-16-34(33,32(20)30)25-17-21(35)9-11-23(25)29(27)31(19)33/h7-14,17-18H,3-6,15-16H2,1-2H3/t33-,34-/m1/s1. The number of halogens is 2. The molecule has 0 N–H and O–H groups in total. The van der Waals surface area contributed by atoms with Crippen molar-refractivity contribution in [3.63, 3.8) is 0 Å². The molecule has 8 rings (SSSR count). The molecule has 4 aromatic rings. The first-order chi connectivity index (χ1) is 18.5. The summed E-state index contributed by atoms with van der Waals surface area (Å²) in [4.78, 5) is 0. The zero-order valence-electron chi connectivity index (χ0n) is 21.6. The van der Waals surface area contributed by atoms with Crippen LogP contribution in [0.25, 0.3) is 22.3 Å². The summed E-state index contributed by atoms with van der Waals surface area (Å²) in [7, 11) is 3.41. The van der Waals surface area contributed by atoms with E-state index in [1.165, 1.54) is 22.3 Å². The molecule has 0 saturated carbocycles. The number of methoxy groups -OCH3 is 2. The van der Waals surface area contributed by atoms with Gasteiger partial charge in [0.25, 0.3) is 0 Å². The van der Waals surface area contributed by atoms with Crippen molar-refractivity contribution >= 4 is 0 Å². The maximum absolute atomic E-state index is 15.3. The highest BCUT2D eigenvalue weighted by Gasteiger charge is 2.65. The Labute approximate surface area is 221 Å². The summed E-state index contributed by atoms with van der Waals surface area (Å²) >= 11 is 0. The van der Waals surface area contributed by atoms with E-state index in [0.717, 1.165) is 83.4 Å². The fourth-order valence-electron chi connectivity index (χ4n) is 8.89. The Morgan fingerprint density at radius 2 is 1.05 bits per heavy atom. The van der Waals surface area contributed by atoms with Crippen LogP contribution in [0.1, 0.15) is 59.1 Å². The largest absolute Gasteiger partial charge is 0.496 e. The molecule has 0 saturated heterocycles. The monoisotopic (exact) mass is 506 g/mol. The number of rotatable bonds is 2. The maximum Gasteiger partial charge on any atom is 0.127 e. The second kappa shape index (κ2) is 7.47. The van der Waals surface area contributed by atoms with Crippen molar-refractivity contribution in [3.8, 4) is 33.8 Å². The van der Waals surface area contributed by atoms with E-state index in [-0.39, 0.29) is 11.6 Å². The van der Waals surface area contributed by atoms with Gasteiger partial charge >= 0.3 is 0 Å². The Balaban J connectivity index is 1.68. The molecule has 0 fully saturated rings. The van der Waals surface area contributed by atoms with Crippen LogP contribution in [-0.4, -0.2) is 14.2 Å². The van der Waals surface area contributed by atoms with E-state index in [1.807, 2.05) is 12.1 Å². The molecular weight excluding hydrogens is 478 g/mol. The van der Waals surface area contributed by atoms with Crippen molar-refractivity contribution in [2.75, 3.05) is 14.2 Å². The highest BCUT2D eigenvalue weighted by molar-refractivity contribution is 5.94. The van der Waals surface area contributed by atoms with Crippen LogP contribution < -0.4 is 9.47 Å². The topological polar surface area (TPSA) is 18.5 Å². The number of fused-ring (bicyclic) bond motifs is 4. The lowest BCUT2D eigenvalue weighted by molar-refractivity contribution is 0.227. The van der Waals surface area contributed by atoms with Crippen molar-refractivity contribution in [2.24, 2.45) is 0 Å². The first-order valence-corrected chi connectivity index (χ1v) is 13.6. The van der Waals surface area contributed by atoms with Crippen molar-refractivity contribution < 1.29 is 18.3 Å². The van der Waals surface area contributed by atoms with Crippen LogP contribution in [-0.2, 0) is 23.7 Å². The summed E-state index contributed by atoms with van der Waals surface area (Å²) in [5.41, 5.74) is 10.1. The smallest absolute Gasteiger partial charge is 0.127 e. The van der Waals surface area contributed by atoms with Gasteiger partial charge in [-0.3, -0.25) is 0 Å². The van der Waals surface area contributed by atoms with E-state index in [1.54, 1.807) is 38.5 Å². The molecule has 4 aliphatic carbocycles. The van der Waals surface area contributed by atoms with Gasteiger partial charge in [-0.05, 0) is 119 Å². The van der Waals surface area contributed by atoms with Gasteiger partial charge in [-0.25, -0.2) is 8.78 Å². The Hall–Kier alpha value is -3.66. The van der Waals surface area contributed by atoms with Crippen molar-refractivity contribution in [3.05, 3.63) is 106 Å². The fraction of sp³-hybridized carbons (Fsp3) is 0.294. The number of ether oxygens (including phenoxy) is 2. The summed E-state index contributed by atoms with van der Waals surface area (Å²) in [5.74, 6) is 1.09. The third-order valence-electron chi connectivity index (χ3n) is 9.95. The molecule has 0 aromatic heterocycles. The van der Waals surface area contributed by atoms with E-state index in [4.69, 9.17) is 9.47 Å². The molecule has 0 heterocycles. The zero-order chi connectivity index (χ0) is 25.8. The zero-order valence-corrected chi connectivity index (χ0v) is 21.6. The molecule has 4 aliphatic rings. The average molecular weight is 507 g/mol. The van der Waals surface area contributed by atoms with Gasteiger partial charge in [-0.2, -0.15) is 0 Å². The number of aryl methyl sites for hydroxylation is 2. The Morgan fingerprint density at radius 3 is 1.47 bits per heavy atom. The minimum Gasteiger partial charge on any atom is -0.496 e. The quantitative estimate of drug-likeness (QED) is 0.275. The fourth-order valence-corrected chi connectivity index (χ4v) is 8.89. The number of hydrogen-bond donors (Lipinski definition) is 0. The van der Waals surface area contributed by atoms with Crippen molar-refractivity contribution in [1.29, 1.82) is 0 Å². The van der Waals surface area contributed by atoms with E-state index in [0.29, 0.717) is 0 Å². The molecule has 0 bridgehead atoms. The van der Waals surface area contributed by atoms with Crippen LogP contribution in [0, 0.1) is 11.6 Å². The van der Waals surface area contributed by atoms with Crippen LogP contribution >= 0.6 is 0 Å². The maximum atomic E-state index is 15.3. The van der Waals surface area contributed by atoms with E-state index < -0.39 is 10.8 Å². The van der Waals surface area contributed by atoms with Gasteiger partial charge in [0.1, 0.15) is 23.1 Å². The van der Waals surface area contributed by atoms with Crippen molar-refractivity contribution in [1.82, 2.24) is 0 Å². The van der Waals surface area contributed by atoms with Gasteiger partial charge in [-0.15, -0.1) is 0 Å². The molecule has 4 heteroatoms. The van der Waals surface area contributed by atoms with Gasteiger partial charge in [0, 0.05) is 22.0 Å². The Bertz CT molecular complexity index is 1560. The molecule has 190 valence electrons. The molecule has 0 unspecified atom stereocenters. The number of benzene rings is 4. The van der Waals surface area contributed by atoms with Gasteiger partial charge < -0.3 is 9.47 Å². The summed E-state index contributed by atoms with van der Waals surface area (Å²) in [6.07, 6.45) is 5.61. The third kappa shape index (κ3) is 2.39. The molecule has 2 atom stereocenters. The average Bonchev–Trinajstić information content (AvgIpc) is 2.94. The third-order valence-corrected chi connectivity index (χ3v) is 9.95. The highest BCUT2D eigenvalue weighted by Crippen LogP contribution is 2.72. The lowest BCUT2D eigenvalue weighted by Gasteiger charge is -2.62. The molecule has 2 spiro atoms. The first-order valence-electron chi connectivity index (χ1n) is 13.6. The van der Waals surface area contributed by atoms with Crippen LogP contribution in [0.5, 0.6) is 11.5 Å². The molecule has 38 heavy (non-hydrogen) atoms. The number of hydrogen-bond acceptors (Lipinski definition) is 2. The Kier molecular flexibility index (Phi) is 4.39. The summed E-state index contributed by atoms with van der Waals surface area (Å²) in [5, 5.41) is 0. The molecule has 0 radical (unpaired) electrons. The molecule has 2 nitrogen and oxygen atoms in total. The second-order valence-electron chi connectivity index (χ2n) is 11.3. The van der Waals surface area contributed by atoms with Crippen LogP contribution in [0.4, 0.5) is 8.78 Å². The summed E-state index contributed by atoms with van der Waals surface area (Å²) in [6.45, 7) is 0. The lowest BCUT2D eigenvalue weighted by atomic mass is 9.39. The summed E-state index contributed by atoms with van der Waals surface area (Å²) in [6, 6.07) is 19.0. The van der Waals surface area contributed by atoms with Gasteiger partial charge in [0.2, 0.25) is 0 Å². The lowest BCUT2D eigenvalue weighted by Crippen LogP contribution is -2.58. The normalized spacial score (nSPS) is 23.4. The first kappa shape index (κ1) is 22.3. The van der Waals surface area contributed by atoms with Gasteiger partial charge in [0.15, 0.2) is 0 Å². The molecular formula is C34H28F2O2. The SMILES string of the molecule is COc1ccc2c3c1-c1ccc(F)cc1[C@]14CCCc5ccc(OC)c(c51)-c1ccc(F)cc1[C@]34CCC2. The van der Waals surface area contributed by atoms with E-state index in [9.17, 15) is 0 Å². The predicted molar refractivity (Wildman–Crippen MR) is 144 cm³/mol. The minimum atomic E-state index is -0.544. The van der Waals surface area contributed by atoms with Crippen LogP contribution in [0.15, 0.2) is 60.7 Å². The highest BCUT2D eigenvalue weighted by atomic mass is 19.1. The molecule has 0 aliphatic heterocycles. The van der Waals surface area contributed by atoms with Gasteiger partial charge in [-0.1, -0.05) is 24.3 Å². The summed E-state index contributed by atoms with van der Waals surface area (Å²) < 4.78 is 42.6.